The molecule has 2 aromatic carbocycles. The number of nitrogens with zero attached hydrogens (tertiary/aromatic N) is 1. The Morgan fingerprint density at radius 2 is 2.10 bits per heavy atom. The maximum Gasteiger partial charge on any atom is 0.335 e. The first kappa shape index (κ1) is 13.4. The maximum atomic E-state index is 10.8. The zero-order valence-electron chi connectivity index (χ0n) is 10.9. The van der Waals surface area contributed by atoms with Gasteiger partial charge in [0.1, 0.15) is 17.4 Å². The Hall–Kier alpha value is -2.60. The summed E-state index contributed by atoms with van der Waals surface area (Å²) in [4.78, 5) is 15.3. The standard InChI is InChI=1S/C15H12N2O3S/c16-10-7-9(15(18)19)5-6-12(10)20-8-14-17-11-3-1-2-4-13(11)21-14/h1-7H,8,16H2,(H,18,19). The van der Waals surface area contributed by atoms with Crippen LogP contribution in [0, 0.1) is 0 Å². The normalized spacial score (nSPS) is 10.7. The molecule has 0 saturated carbocycles. The van der Waals surface area contributed by atoms with Crippen molar-refractivity contribution in [2.24, 2.45) is 0 Å². The number of rotatable bonds is 4. The van der Waals surface area contributed by atoms with Crippen molar-refractivity contribution in [2.45, 2.75) is 6.61 Å². The molecule has 1 aromatic heterocycles. The van der Waals surface area contributed by atoms with Gasteiger partial charge >= 0.3 is 5.97 Å². The highest BCUT2D eigenvalue weighted by molar-refractivity contribution is 7.18. The highest BCUT2D eigenvalue weighted by Gasteiger charge is 2.09. The summed E-state index contributed by atoms with van der Waals surface area (Å²) in [6, 6.07) is 12.3. The first-order chi connectivity index (χ1) is 10.1. The predicted octanol–water partition coefficient (Wildman–Crippen LogP) is 3.16. The van der Waals surface area contributed by atoms with Gasteiger partial charge in [0.2, 0.25) is 0 Å². The van der Waals surface area contributed by atoms with Gasteiger partial charge in [0.25, 0.3) is 0 Å². The zero-order valence-corrected chi connectivity index (χ0v) is 11.8. The van der Waals surface area contributed by atoms with Crippen LogP contribution in [0.1, 0.15) is 15.4 Å². The lowest BCUT2D eigenvalue weighted by Crippen LogP contribution is -2.02. The number of nitrogen functional groups attached to an aromatic ring is 1. The summed E-state index contributed by atoms with van der Waals surface area (Å²) in [5.74, 6) is -0.557. The zero-order chi connectivity index (χ0) is 14.8. The van der Waals surface area contributed by atoms with Crippen LogP contribution in [0.3, 0.4) is 0 Å². The van der Waals surface area contributed by atoms with E-state index in [1.165, 1.54) is 12.1 Å². The number of hydrogen-bond donors (Lipinski definition) is 2. The molecule has 3 aromatic rings. The molecule has 0 saturated heterocycles. The van der Waals surface area contributed by atoms with Gasteiger partial charge in [-0.25, -0.2) is 9.78 Å². The lowest BCUT2D eigenvalue weighted by atomic mass is 10.2. The fourth-order valence-electron chi connectivity index (χ4n) is 1.93. The Morgan fingerprint density at radius 1 is 1.29 bits per heavy atom. The molecule has 0 aliphatic heterocycles. The summed E-state index contributed by atoms with van der Waals surface area (Å²) >= 11 is 1.56. The van der Waals surface area contributed by atoms with E-state index in [-0.39, 0.29) is 5.56 Å². The molecule has 0 amide bonds. The second kappa shape index (κ2) is 5.41. The third-order valence-corrected chi connectivity index (χ3v) is 3.96. The minimum atomic E-state index is -1.01. The largest absolute Gasteiger partial charge is 0.484 e. The van der Waals surface area contributed by atoms with Crippen LogP contribution in [-0.4, -0.2) is 16.1 Å². The molecule has 3 rings (SSSR count). The number of ether oxygens (including phenoxy) is 1. The smallest absolute Gasteiger partial charge is 0.335 e. The number of thiazole rings is 1. The van der Waals surface area contributed by atoms with Crippen molar-refractivity contribution in [3.63, 3.8) is 0 Å². The first-order valence-corrected chi connectivity index (χ1v) is 7.05. The van der Waals surface area contributed by atoms with Crippen LogP contribution in [0.5, 0.6) is 5.75 Å². The van der Waals surface area contributed by atoms with Gasteiger partial charge in [-0.15, -0.1) is 11.3 Å². The van der Waals surface area contributed by atoms with Crippen LogP contribution in [-0.2, 0) is 6.61 Å². The summed E-state index contributed by atoms with van der Waals surface area (Å²) in [5, 5.41) is 9.73. The lowest BCUT2D eigenvalue weighted by Gasteiger charge is -2.07. The molecule has 1 heterocycles. The van der Waals surface area contributed by atoms with Crippen molar-refractivity contribution in [3.8, 4) is 5.75 Å². The number of aromatic nitrogens is 1. The molecule has 21 heavy (non-hydrogen) atoms. The van der Waals surface area contributed by atoms with Gasteiger partial charge < -0.3 is 15.6 Å². The third-order valence-electron chi connectivity index (χ3n) is 2.95. The molecule has 0 radical (unpaired) electrons. The summed E-state index contributed by atoms with van der Waals surface area (Å²) in [5.41, 5.74) is 7.17. The van der Waals surface area contributed by atoms with Crippen LogP contribution < -0.4 is 10.5 Å². The molecule has 0 bridgehead atoms. The fourth-order valence-corrected chi connectivity index (χ4v) is 2.81. The second-order valence-corrected chi connectivity index (χ2v) is 5.54. The van der Waals surface area contributed by atoms with E-state index in [2.05, 4.69) is 4.98 Å². The molecular weight excluding hydrogens is 288 g/mol. The van der Waals surface area contributed by atoms with Crippen molar-refractivity contribution in [1.29, 1.82) is 0 Å². The summed E-state index contributed by atoms with van der Waals surface area (Å²) < 4.78 is 6.72. The molecule has 0 spiro atoms. The summed E-state index contributed by atoms with van der Waals surface area (Å²) in [7, 11) is 0. The van der Waals surface area contributed by atoms with Crippen molar-refractivity contribution in [3.05, 3.63) is 53.0 Å². The van der Waals surface area contributed by atoms with Crippen LogP contribution in [0.2, 0.25) is 0 Å². The van der Waals surface area contributed by atoms with E-state index in [0.717, 1.165) is 15.2 Å². The van der Waals surface area contributed by atoms with E-state index in [1.807, 2.05) is 24.3 Å². The quantitative estimate of drug-likeness (QED) is 0.723. The van der Waals surface area contributed by atoms with Crippen molar-refractivity contribution >= 4 is 33.2 Å². The number of para-hydroxylation sites is 1. The first-order valence-electron chi connectivity index (χ1n) is 6.23. The Kier molecular flexibility index (Phi) is 3.45. The summed E-state index contributed by atoms with van der Waals surface area (Å²) in [6.07, 6.45) is 0. The van der Waals surface area contributed by atoms with E-state index >= 15 is 0 Å². The van der Waals surface area contributed by atoms with Crippen molar-refractivity contribution < 1.29 is 14.6 Å². The minimum absolute atomic E-state index is 0.139. The molecule has 0 unspecified atom stereocenters. The van der Waals surface area contributed by atoms with Gasteiger partial charge in [-0.1, -0.05) is 12.1 Å². The number of fused-ring (bicyclic) bond motifs is 1. The Labute approximate surface area is 124 Å². The molecule has 5 nitrogen and oxygen atoms in total. The highest BCUT2D eigenvalue weighted by Crippen LogP contribution is 2.26. The van der Waals surface area contributed by atoms with Gasteiger partial charge in [-0.3, -0.25) is 0 Å². The third kappa shape index (κ3) is 2.80. The topological polar surface area (TPSA) is 85.4 Å². The fraction of sp³-hybridized carbons (Fsp3) is 0.0667. The van der Waals surface area contributed by atoms with Crippen molar-refractivity contribution in [1.82, 2.24) is 4.98 Å². The van der Waals surface area contributed by atoms with Crippen LogP contribution in [0.4, 0.5) is 5.69 Å². The second-order valence-electron chi connectivity index (χ2n) is 4.42. The predicted molar refractivity (Wildman–Crippen MR) is 81.8 cm³/mol. The SMILES string of the molecule is Nc1cc(C(=O)O)ccc1OCc1nc2ccccc2s1. The van der Waals surface area contributed by atoms with Gasteiger partial charge in [0, 0.05) is 0 Å². The molecule has 3 N–H and O–H groups in total. The molecule has 106 valence electrons. The van der Waals surface area contributed by atoms with Crippen molar-refractivity contribution in [2.75, 3.05) is 5.73 Å². The number of nitrogens with two attached hydrogens (primary N) is 1. The Balaban J connectivity index is 1.76. The van der Waals surface area contributed by atoms with Gasteiger partial charge in [0.15, 0.2) is 0 Å². The molecule has 6 heteroatoms. The number of carbonyl (C=O) groups is 1. The molecular formula is C15H12N2O3S. The number of carboxylic acid groups (broad SMARTS) is 1. The summed E-state index contributed by atoms with van der Waals surface area (Å²) in [6.45, 7) is 0.302. The highest BCUT2D eigenvalue weighted by atomic mass is 32.1. The number of anilines is 1. The molecule has 0 fully saturated rings. The number of hydrogen-bond acceptors (Lipinski definition) is 5. The van der Waals surface area contributed by atoms with E-state index in [9.17, 15) is 4.79 Å². The minimum Gasteiger partial charge on any atom is -0.484 e. The van der Waals surface area contributed by atoms with Crippen LogP contribution in [0.25, 0.3) is 10.2 Å². The maximum absolute atomic E-state index is 10.8. The van der Waals surface area contributed by atoms with E-state index in [1.54, 1.807) is 17.4 Å². The molecule has 0 atom stereocenters. The van der Waals surface area contributed by atoms with Crippen LogP contribution in [0.15, 0.2) is 42.5 Å². The van der Waals surface area contributed by atoms with E-state index < -0.39 is 5.97 Å². The van der Waals surface area contributed by atoms with Crippen LogP contribution >= 0.6 is 11.3 Å². The molecule has 0 aliphatic rings. The average molecular weight is 300 g/mol. The van der Waals surface area contributed by atoms with E-state index in [0.29, 0.717) is 18.0 Å². The Morgan fingerprint density at radius 3 is 2.81 bits per heavy atom. The molecule has 0 aliphatic carbocycles. The monoisotopic (exact) mass is 300 g/mol. The van der Waals surface area contributed by atoms with Gasteiger partial charge in [-0.2, -0.15) is 0 Å². The van der Waals surface area contributed by atoms with Gasteiger partial charge in [-0.05, 0) is 30.3 Å². The number of benzene rings is 2. The number of carboxylic acids is 1. The van der Waals surface area contributed by atoms with Gasteiger partial charge in [0.05, 0.1) is 21.5 Å². The van der Waals surface area contributed by atoms with E-state index in [4.69, 9.17) is 15.6 Å². The average Bonchev–Trinajstić information content (AvgIpc) is 2.88. The number of aromatic carboxylic acids is 1. The lowest BCUT2D eigenvalue weighted by molar-refractivity contribution is 0.0697. The Bertz CT molecular complexity index is 781.